The van der Waals surface area contributed by atoms with Crippen molar-refractivity contribution in [1.29, 1.82) is 0 Å². The fourth-order valence-electron chi connectivity index (χ4n) is 5.70. The van der Waals surface area contributed by atoms with Crippen molar-refractivity contribution >= 4 is 17.7 Å². The summed E-state index contributed by atoms with van der Waals surface area (Å²) in [7, 11) is 0. The van der Waals surface area contributed by atoms with Crippen molar-refractivity contribution in [2.24, 2.45) is 0 Å². The molecule has 0 aromatic heterocycles. The van der Waals surface area contributed by atoms with Crippen molar-refractivity contribution in [3.63, 3.8) is 0 Å². The molecule has 0 atom stereocenters. The smallest absolute Gasteiger partial charge is 0.409 e. The molecule has 3 aromatic rings. The molecule has 1 fully saturated rings. The highest BCUT2D eigenvalue weighted by atomic mass is 19.1. The maximum atomic E-state index is 13.5. The molecule has 9 heteroatoms. The Kier molecular flexibility index (Phi) is 11.1. The van der Waals surface area contributed by atoms with E-state index in [1.807, 2.05) is 31.7 Å². The van der Waals surface area contributed by atoms with Crippen LogP contribution in [0.1, 0.15) is 59.4 Å². The molecule has 7 nitrogen and oxygen atoms in total. The Balaban J connectivity index is 1.19. The van der Waals surface area contributed by atoms with Gasteiger partial charge < -0.3 is 14.7 Å². The van der Waals surface area contributed by atoms with Crippen LogP contribution in [-0.2, 0) is 4.79 Å². The first-order valence-electron chi connectivity index (χ1n) is 14.9. The van der Waals surface area contributed by atoms with Crippen molar-refractivity contribution in [3.8, 4) is 5.75 Å². The van der Waals surface area contributed by atoms with E-state index >= 15 is 0 Å². The van der Waals surface area contributed by atoms with Gasteiger partial charge in [-0.3, -0.25) is 15.0 Å². The van der Waals surface area contributed by atoms with Crippen LogP contribution in [-0.4, -0.2) is 66.2 Å². The van der Waals surface area contributed by atoms with Crippen molar-refractivity contribution in [2.45, 2.75) is 52.4 Å². The highest BCUT2D eigenvalue weighted by Gasteiger charge is 2.22. The van der Waals surface area contributed by atoms with E-state index in [1.165, 1.54) is 24.3 Å². The second-order valence-corrected chi connectivity index (χ2v) is 11.2. The number of hydrogen-bond acceptors (Lipinski definition) is 4. The van der Waals surface area contributed by atoms with Crippen LogP contribution in [0.15, 0.2) is 54.6 Å². The Morgan fingerprint density at radius 3 is 2.02 bits per heavy atom. The first kappa shape index (κ1) is 31.9. The number of rotatable bonds is 12. The van der Waals surface area contributed by atoms with Gasteiger partial charge in [0.25, 0.3) is 0 Å². The van der Waals surface area contributed by atoms with Crippen LogP contribution in [0, 0.1) is 32.4 Å². The van der Waals surface area contributed by atoms with Crippen molar-refractivity contribution in [3.05, 3.63) is 94.0 Å². The SMILES string of the molecule is Cc1cc(OCCN2CCN(C(=O)CCCCC(c3ccc(F)cc3)c3ccc(F)cc3)CC2)c(C)c(C)c1NC(=O)O. The maximum Gasteiger partial charge on any atom is 0.409 e. The van der Waals surface area contributed by atoms with E-state index in [-0.39, 0.29) is 23.5 Å². The molecule has 0 saturated carbocycles. The first-order chi connectivity index (χ1) is 20.6. The largest absolute Gasteiger partial charge is 0.492 e. The third kappa shape index (κ3) is 8.76. The highest BCUT2D eigenvalue weighted by molar-refractivity contribution is 5.86. The lowest BCUT2D eigenvalue weighted by Crippen LogP contribution is -2.49. The number of ether oxygens (including phenoxy) is 1. The Morgan fingerprint density at radius 1 is 0.884 bits per heavy atom. The van der Waals surface area contributed by atoms with Gasteiger partial charge in [0.05, 0.1) is 5.69 Å². The molecule has 43 heavy (non-hydrogen) atoms. The minimum absolute atomic E-state index is 0.0121. The molecule has 0 bridgehead atoms. The summed E-state index contributed by atoms with van der Waals surface area (Å²) in [4.78, 5) is 28.2. The number of unbranched alkanes of at least 4 members (excludes halogenated alkanes) is 1. The molecule has 2 N–H and O–H groups in total. The number of hydrogen-bond donors (Lipinski definition) is 2. The van der Waals surface area contributed by atoms with Crippen LogP contribution in [0.4, 0.5) is 19.3 Å². The van der Waals surface area contributed by atoms with Crippen LogP contribution in [0.25, 0.3) is 0 Å². The average molecular weight is 594 g/mol. The van der Waals surface area contributed by atoms with E-state index in [0.717, 1.165) is 72.5 Å². The molecule has 4 rings (SSSR count). The maximum absolute atomic E-state index is 13.5. The van der Waals surface area contributed by atoms with Gasteiger partial charge in [-0.25, -0.2) is 13.6 Å². The van der Waals surface area contributed by atoms with Crippen molar-refractivity contribution in [1.82, 2.24) is 9.80 Å². The number of nitrogens with one attached hydrogen (secondary N) is 1. The first-order valence-corrected chi connectivity index (χ1v) is 14.9. The molecule has 1 aliphatic heterocycles. The van der Waals surface area contributed by atoms with E-state index in [4.69, 9.17) is 9.84 Å². The molecule has 2 amide bonds. The van der Waals surface area contributed by atoms with Crippen LogP contribution < -0.4 is 10.1 Å². The molecule has 0 spiro atoms. The predicted molar refractivity (Wildman–Crippen MR) is 164 cm³/mol. The number of carbonyl (C=O) groups is 2. The van der Waals surface area contributed by atoms with Gasteiger partial charge in [0.2, 0.25) is 5.91 Å². The molecule has 0 aliphatic carbocycles. The molecular weight excluding hydrogens is 552 g/mol. The summed E-state index contributed by atoms with van der Waals surface area (Å²) in [6, 6.07) is 14.8. The number of amides is 2. The quantitative estimate of drug-likeness (QED) is 0.224. The van der Waals surface area contributed by atoms with Crippen molar-refractivity contribution in [2.75, 3.05) is 44.6 Å². The summed E-state index contributed by atoms with van der Waals surface area (Å²) in [5, 5.41) is 11.6. The molecule has 0 unspecified atom stereocenters. The van der Waals surface area contributed by atoms with Crippen LogP contribution in [0.3, 0.4) is 0 Å². The third-order valence-electron chi connectivity index (χ3n) is 8.35. The lowest BCUT2D eigenvalue weighted by atomic mass is 9.87. The summed E-state index contributed by atoms with van der Waals surface area (Å²) in [5.74, 6) is 0.343. The molecule has 3 aromatic carbocycles. The summed E-state index contributed by atoms with van der Waals surface area (Å²) >= 11 is 0. The van der Waals surface area contributed by atoms with E-state index in [0.29, 0.717) is 31.8 Å². The minimum Gasteiger partial charge on any atom is -0.492 e. The molecular formula is C34H41F2N3O4. The van der Waals surface area contributed by atoms with E-state index in [1.54, 1.807) is 24.3 Å². The number of aryl methyl sites for hydroxylation is 1. The van der Waals surface area contributed by atoms with E-state index in [2.05, 4.69) is 10.2 Å². The topological polar surface area (TPSA) is 82.1 Å². The Bertz CT molecular complexity index is 1340. The number of nitrogens with zero attached hydrogens (tertiary/aromatic N) is 2. The van der Waals surface area contributed by atoms with E-state index < -0.39 is 6.09 Å². The molecule has 1 aliphatic rings. The minimum atomic E-state index is -1.09. The van der Waals surface area contributed by atoms with Gasteiger partial charge in [-0.1, -0.05) is 30.7 Å². The van der Waals surface area contributed by atoms with Crippen LogP contribution >= 0.6 is 0 Å². The summed E-state index contributed by atoms with van der Waals surface area (Å²) in [6.45, 7) is 9.83. The molecule has 230 valence electrons. The van der Waals surface area contributed by atoms with Gasteiger partial charge in [-0.05, 0) is 91.8 Å². The zero-order valence-corrected chi connectivity index (χ0v) is 25.2. The number of piperazine rings is 1. The van der Waals surface area contributed by atoms with Gasteiger partial charge in [-0.15, -0.1) is 0 Å². The molecule has 1 saturated heterocycles. The van der Waals surface area contributed by atoms with Gasteiger partial charge in [0.1, 0.15) is 24.0 Å². The molecule has 1 heterocycles. The normalized spacial score (nSPS) is 13.8. The number of halogens is 2. The zero-order valence-electron chi connectivity index (χ0n) is 25.2. The highest BCUT2D eigenvalue weighted by Crippen LogP contribution is 2.32. The molecule has 0 radical (unpaired) electrons. The third-order valence-corrected chi connectivity index (χ3v) is 8.35. The standard InChI is InChI=1S/C34H41F2N3O4/c1-23-22-31(24(2)25(3)33(23)37-34(41)42)43-21-20-38-16-18-39(19-17-38)32(40)7-5-4-6-30(26-8-12-28(35)13-9-26)27-10-14-29(36)15-11-27/h8-15,22,30,37H,4-7,16-21H2,1-3H3,(H,41,42). The number of benzene rings is 3. The zero-order chi connectivity index (χ0) is 30.9. The second-order valence-electron chi connectivity index (χ2n) is 11.2. The lowest BCUT2D eigenvalue weighted by Gasteiger charge is -2.34. The van der Waals surface area contributed by atoms with Crippen molar-refractivity contribution < 1.29 is 28.2 Å². The Labute approximate surface area is 252 Å². The fraction of sp³-hybridized carbons (Fsp3) is 0.412. The van der Waals surface area contributed by atoms with E-state index in [9.17, 15) is 18.4 Å². The Morgan fingerprint density at radius 2 is 1.47 bits per heavy atom. The number of carbonyl (C=O) groups excluding carboxylic acids is 1. The lowest BCUT2D eigenvalue weighted by molar-refractivity contribution is -0.133. The van der Waals surface area contributed by atoms with Gasteiger partial charge in [0.15, 0.2) is 0 Å². The van der Waals surface area contributed by atoms with Crippen LogP contribution in [0.2, 0.25) is 0 Å². The second kappa shape index (κ2) is 15.0. The number of anilines is 1. The summed E-state index contributed by atoms with van der Waals surface area (Å²) in [5.41, 5.74) is 5.13. The Hall–Kier alpha value is -3.98. The van der Waals surface area contributed by atoms with Gasteiger partial charge in [0, 0.05) is 45.1 Å². The van der Waals surface area contributed by atoms with Crippen LogP contribution in [0.5, 0.6) is 5.75 Å². The summed E-state index contributed by atoms with van der Waals surface area (Å²) < 4.78 is 33.1. The summed E-state index contributed by atoms with van der Waals surface area (Å²) in [6.07, 6.45) is 1.76. The van der Waals surface area contributed by atoms with Gasteiger partial charge >= 0.3 is 6.09 Å². The predicted octanol–water partition coefficient (Wildman–Crippen LogP) is 6.90. The monoisotopic (exact) mass is 593 g/mol. The average Bonchev–Trinajstić information content (AvgIpc) is 2.99. The fourth-order valence-corrected chi connectivity index (χ4v) is 5.70. The number of carboxylic acid groups (broad SMARTS) is 1. The van der Waals surface area contributed by atoms with Gasteiger partial charge in [-0.2, -0.15) is 0 Å².